The number of amides is 2. The maximum absolute atomic E-state index is 14.2. The fourth-order valence-corrected chi connectivity index (χ4v) is 3.29. The van der Waals surface area contributed by atoms with Crippen LogP contribution in [0.4, 0.5) is 15.9 Å². The van der Waals surface area contributed by atoms with Crippen molar-refractivity contribution in [3.8, 4) is 5.69 Å². The highest BCUT2D eigenvalue weighted by atomic mass is 19.1. The van der Waals surface area contributed by atoms with Crippen molar-refractivity contribution in [3.05, 3.63) is 108 Å². The minimum Gasteiger partial charge on any atom is -0.465 e. The third-order valence-corrected chi connectivity index (χ3v) is 4.95. The van der Waals surface area contributed by atoms with E-state index in [1.807, 2.05) is 6.07 Å². The molecule has 170 valence electrons. The van der Waals surface area contributed by atoms with Gasteiger partial charge in [-0.05, 0) is 36.4 Å². The Morgan fingerprint density at radius 3 is 2.12 bits per heavy atom. The Hall–Kier alpha value is -4.79. The lowest BCUT2D eigenvalue weighted by Gasteiger charge is -2.13. The zero-order valence-electron chi connectivity index (χ0n) is 18.0. The molecule has 0 aliphatic heterocycles. The minimum atomic E-state index is -0.750. The first kappa shape index (κ1) is 22.4. The molecule has 0 atom stereocenters. The summed E-state index contributed by atoms with van der Waals surface area (Å²) < 4.78 is 20.3. The summed E-state index contributed by atoms with van der Waals surface area (Å²) in [5, 5.41) is 9.50. The summed E-state index contributed by atoms with van der Waals surface area (Å²) in [6.45, 7) is 0. The van der Waals surface area contributed by atoms with Crippen LogP contribution in [-0.2, 0) is 4.74 Å². The largest absolute Gasteiger partial charge is 0.465 e. The number of hydrogen-bond acceptors (Lipinski definition) is 5. The zero-order chi connectivity index (χ0) is 24.1. The lowest BCUT2D eigenvalue weighted by Crippen LogP contribution is -2.21. The monoisotopic (exact) mass is 458 g/mol. The topological polar surface area (TPSA) is 102 Å². The number of nitrogens with one attached hydrogen (secondary N) is 2. The molecule has 2 N–H and O–H groups in total. The van der Waals surface area contributed by atoms with Gasteiger partial charge in [0.25, 0.3) is 11.8 Å². The van der Waals surface area contributed by atoms with E-state index in [1.54, 1.807) is 42.5 Å². The third-order valence-electron chi connectivity index (χ3n) is 4.95. The number of rotatable bonds is 6. The lowest BCUT2D eigenvalue weighted by molar-refractivity contribution is 0.0601. The molecule has 0 saturated carbocycles. The number of nitrogens with zero attached hydrogens (tertiary/aromatic N) is 2. The first-order valence-corrected chi connectivity index (χ1v) is 10.2. The van der Waals surface area contributed by atoms with Gasteiger partial charge in [-0.15, -0.1) is 0 Å². The van der Waals surface area contributed by atoms with Gasteiger partial charge in [0, 0.05) is 0 Å². The first-order valence-electron chi connectivity index (χ1n) is 10.2. The third kappa shape index (κ3) is 4.53. The Morgan fingerprint density at radius 2 is 1.41 bits per heavy atom. The van der Waals surface area contributed by atoms with E-state index in [4.69, 9.17) is 4.74 Å². The SMILES string of the molecule is COC(=O)c1ccccc1NC(=O)c1cnn(-c2ccccc2)c1NC(=O)c1ccccc1F. The highest BCUT2D eigenvalue weighted by Crippen LogP contribution is 2.24. The molecule has 9 heteroatoms. The molecule has 0 radical (unpaired) electrons. The van der Waals surface area contributed by atoms with Crippen LogP contribution in [0.5, 0.6) is 0 Å². The van der Waals surface area contributed by atoms with Gasteiger partial charge < -0.3 is 15.4 Å². The van der Waals surface area contributed by atoms with Gasteiger partial charge in [-0.1, -0.05) is 42.5 Å². The highest BCUT2D eigenvalue weighted by Gasteiger charge is 2.23. The predicted octanol–water partition coefficient (Wildman–Crippen LogP) is 4.30. The van der Waals surface area contributed by atoms with Gasteiger partial charge in [-0.2, -0.15) is 5.10 Å². The van der Waals surface area contributed by atoms with E-state index in [1.165, 1.54) is 48.3 Å². The molecule has 0 saturated heterocycles. The van der Waals surface area contributed by atoms with Crippen LogP contribution >= 0.6 is 0 Å². The molecule has 0 spiro atoms. The van der Waals surface area contributed by atoms with E-state index < -0.39 is 23.6 Å². The van der Waals surface area contributed by atoms with Crippen LogP contribution in [0.15, 0.2) is 85.1 Å². The molecule has 4 aromatic rings. The number of halogens is 1. The predicted molar refractivity (Wildman–Crippen MR) is 124 cm³/mol. The molecule has 1 heterocycles. The van der Waals surface area contributed by atoms with Crippen molar-refractivity contribution in [2.24, 2.45) is 0 Å². The molecule has 4 rings (SSSR count). The lowest BCUT2D eigenvalue weighted by atomic mass is 10.1. The van der Waals surface area contributed by atoms with Gasteiger partial charge >= 0.3 is 5.97 Å². The molecule has 0 unspecified atom stereocenters. The van der Waals surface area contributed by atoms with Crippen LogP contribution < -0.4 is 10.6 Å². The van der Waals surface area contributed by atoms with E-state index in [9.17, 15) is 18.8 Å². The molecule has 1 aromatic heterocycles. The Kier molecular flexibility index (Phi) is 6.45. The van der Waals surface area contributed by atoms with Crippen LogP contribution in [0.3, 0.4) is 0 Å². The fraction of sp³-hybridized carbons (Fsp3) is 0.0400. The average Bonchev–Trinajstić information content (AvgIpc) is 3.28. The van der Waals surface area contributed by atoms with Crippen molar-refractivity contribution in [2.75, 3.05) is 17.7 Å². The summed E-state index contributed by atoms with van der Waals surface area (Å²) >= 11 is 0. The van der Waals surface area contributed by atoms with E-state index in [0.29, 0.717) is 5.69 Å². The number of para-hydroxylation sites is 2. The van der Waals surface area contributed by atoms with Crippen LogP contribution in [-0.4, -0.2) is 34.7 Å². The Balaban J connectivity index is 1.73. The second-order valence-corrected chi connectivity index (χ2v) is 7.08. The van der Waals surface area contributed by atoms with Crippen molar-refractivity contribution < 1.29 is 23.5 Å². The maximum atomic E-state index is 14.2. The summed E-state index contributed by atoms with van der Waals surface area (Å²) in [6.07, 6.45) is 1.28. The number of ether oxygens (including phenoxy) is 1. The zero-order valence-corrected chi connectivity index (χ0v) is 18.0. The van der Waals surface area contributed by atoms with Crippen molar-refractivity contribution in [1.29, 1.82) is 0 Å². The van der Waals surface area contributed by atoms with Crippen molar-refractivity contribution >= 4 is 29.3 Å². The fourth-order valence-electron chi connectivity index (χ4n) is 3.29. The summed E-state index contributed by atoms with van der Waals surface area (Å²) in [4.78, 5) is 38.1. The van der Waals surface area contributed by atoms with E-state index >= 15 is 0 Å². The normalized spacial score (nSPS) is 10.4. The molecule has 0 fully saturated rings. The Morgan fingerprint density at radius 1 is 0.794 bits per heavy atom. The molecule has 8 nitrogen and oxygen atoms in total. The van der Waals surface area contributed by atoms with Gasteiger partial charge in [0.05, 0.1) is 35.8 Å². The number of esters is 1. The van der Waals surface area contributed by atoms with Crippen LogP contribution in [0.25, 0.3) is 5.69 Å². The van der Waals surface area contributed by atoms with Crippen LogP contribution in [0, 0.1) is 5.82 Å². The number of benzene rings is 3. The van der Waals surface area contributed by atoms with Crippen LogP contribution in [0.1, 0.15) is 31.1 Å². The number of carbonyl (C=O) groups is 3. The molecule has 0 bridgehead atoms. The van der Waals surface area contributed by atoms with Gasteiger partial charge in [0.2, 0.25) is 0 Å². The maximum Gasteiger partial charge on any atom is 0.339 e. The number of hydrogen-bond donors (Lipinski definition) is 2. The summed E-state index contributed by atoms with van der Waals surface area (Å²) in [5.74, 6) is -2.68. The summed E-state index contributed by atoms with van der Waals surface area (Å²) in [5.41, 5.74) is 0.767. The molecule has 2 amide bonds. The van der Waals surface area contributed by atoms with Gasteiger partial charge in [0.1, 0.15) is 17.2 Å². The standard InChI is InChI=1S/C25H19FN4O4/c1-34-25(33)18-12-6-8-14-21(18)28-24(32)19-15-27-30(16-9-3-2-4-10-16)22(19)29-23(31)17-11-5-7-13-20(17)26/h2-15H,1H3,(H,28,32)(H,29,31). The summed E-state index contributed by atoms with van der Waals surface area (Å²) in [6, 6.07) is 20.7. The Bertz CT molecular complexity index is 1370. The highest BCUT2D eigenvalue weighted by molar-refractivity contribution is 6.13. The van der Waals surface area contributed by atoms with Crippen molar-refractivity contribution in [2.45, 2.75) is 0 Å². The van der Waals surface area contributed by atoms with E-state index in [0.717, 1.165) is 0 Å². The summed E-state index contributed by atoms with van der Waals surface area (Å²) in [7, 11) is 1.24. The van der Waals surface area contributed by atoms with Gasteiger partial charge in [-0.3, -0.25) is 9.59 Å². The van der Waals surface area contributed by atoms with E-state index in [-0.39, 0.29) is 28.2 Å². The molecular weight excluding hydrogens is 439 g/mol. The number of anilines is 2. The van der Waals surface area contributed by atoms with Gasteiger partial charge in [-0.25, -0.2) is 13.9 Å². The molecular formula is C25H19FN4O4. The van der Waals surface area contributed by atoms with Crippen molar-refractivity contribution in [3.63, 3.8) is 0 Å². The number of aromatic nitrogens is 2. The second-order valence-electron chi connectivity index (χ2n) is 7.08. The second kappa shape index (κ2) is 9.78. The quantitative estimate of drug-likeness (QED) is 0.420. The van der Waals surface area contributed by atoms with Crippen LogP contribution in [0.2, 0.25) is 0 Å². The Labute approximate surface area is 194 Å². The smallest absolute Gasteiger partial charge is 0.339 e. The average molecular weight is 458 g/mol. The minimum absolute atomic E-state index is 0.00760. The molecule has 0 aliphatic carbocycles. The van der Waals surface area contributed by atoms with Crippen molar-refractivity contribution in [1.82, 2.24) is 9.78 Å². The number of carbonyl (C=O) groups excluding carboxylic acids is 3. The first-order chi connectivity index (χ1) is 16.5. The molecule has 3 aromatic carbocycles. The molecule has 34 heavy (non-hydrogen) atoms. The number of methoxy groups -OCH3 is 1. The molecule has 0 aliphatic rings. The van der Waals surface area contributed by atoms with E-state index in [2.05, 4.69) is 15.7 Å². The van der Waals surface area contributed by atoms with Gasteiger partial charge in [0.15, 0.2) is 0 Å².